The first kappa shape index (κ1) is 12.6. The fourth-order valence-electron chi connectivity index (χ4n) is 1.47. The highest BCUT2D eigenvalue weighted by Gasteiger charge is 2.09. The van der Waals surface area contributed by atoms with Crippen molar-refractivity contribution in [3.8, 4) is 5.75 Å². The van der Waals surface area contributed by atoms with Crippen molar-refractivity contribution in [3.63, 3.8) is 0 Å². The zero-order chi connectivity index (χ0) is 12.1. The van der Waals surface area contributed by atoms with Gasteiger partial charge in [0.05, 0.1) is 12.7 Å². The molecule has 0 bridgehead atoms. The maximum atomic E-state index is 11.3. The minimum atomic E-state index is -0.370. The van der Waals surface area contributed by atoms with E-state index in [0.29, 0.717) is 11.5 Å². The largest absolute Gasteiger partial charge is 0.508 e. The molecule has 0 atom stereocenters. The van der Waals surface area contributed by atoms with Crippen LogP contribution in [0.25, 0.3) is 0 Å². The van der Waals surface area contributed by atoms with Crippen molar-refractivity contribution in [1.82, 2.24) is 0 Å². The van der Waals surface area contributed by atoms with E-state index in [0.717, 1.165) is 18.4 Å². The quantitative estimate of drug-likeness (QED) is 0.797. The van der Waals surface area contributed by atoms with Crippen LogP contribution in [0.15, 0.2) is 18.2 Å². The average molecular weight is 222 g/mol. The summed E-state index contributed by atoms with van der Waals surface area (Å²) in [4.78, 5) is 11.3. The van der Waals surface area contributed by atoms with Gasteiger partial charge in [0.2, 0.25) is 0 Å². The van der Waals surface area contributed by atoms with Crippen molar-refractivity contribution >= 4 is 5.97 Å². The van der Waals surface area contributed by atoms with Gasteiger partial charge in [0.25, 0.3) is 0 Å². The molecule has 88 valence electrons. The van der Waals surface area contributed by atoms with E-state index >= 15 is 0 Å². The van der Waals surface area contributed by atoms with E-state index < -0.39 is 0 Å². The Bertz CT molecular complexity index is 369. The maximum Gasteiger partial charge on any atom is 0.337 e. The van der Waals surface area contributed by atoms with Crippen LogP contribution in [0.2, 0.25) is 0 Å². The van der Waals surface area contributed by atoms with Gasteiger partial charge in [0, 0.05) is 0 Å². The summed E-state index contributed by atoms with van der Waals surface area (Å²) in [5, 5.41) is 9.65. The summed E-state index contributed by atoms with van der Waals surface area (Å²) in [6, 6.07) is 4.81. The van der Waals surface area contributed by atoms with Crippen LogP contribution in [-0.4, -0.2) is 18.2 Å². The van der Waals surface area contributed by atoms with Crippen molar-refractivity contribution in [3.05, 3.63) is 29.3 Å². The summed E-state index contributed by atoms with van der Waals surface area (Å²) in [6.45, 7) is 4.25. The number of phenolic OH excluding ortho intramolecular Hbond substituents is 1. The van der Waals surface area contributed by atoms with Crippen LogP contribution in [0.5, 0.6) is 5.75 Å². The van der Waals surface area contributed by atoms with Gasteiger partial charge in [-0.1, -0.05) is 13.8 Å². The van der Waals surface area contributed by atoms with Crippen molar-refractivity contribution in [2.24, 2.45) is 5.92 Å². The molecule has 0 aliphatic heterocycles. The highest BCUT2D eigenvalue weighted by molar-refractivity contribution is 5.89. The molecule has 1 aromatic rings. The molecule has 0 saturated heterocycles. The molecule has 0 unspecified atom stereocenters. The lowest BCUT2D eigenvalue weighted by Crippen LogP contribution is -2.02. The van der Waals surface area contributed by atoms with Gasteiger partial charge in [-0.3, -0.25) is 0 Å². The Balaban J connectivity index is 2.86. The smallest absolute Gasteiger partial charge is 0.337 e. The van der Waals surface area contributed by atoms with E-state index in [2.05, 4.69) is 18.6 Å². The molecule has 0 aromatic heterocycles. The van der Waals surface area contributed by atoms with Crippen LogP contribution in [0, 0.1) is 5.92 Å². The lowest BCUT2D eigenvalue weighted by molar-refractivity contribution is 0.0600. The third kappa shape index (κ3) is 3.26. The topological polar surface area (TPSA) is 46.5 Å². The number of esters is 1. The Hall–Kier alpha value is -1.51. The molecule has 1 N–H and O–H groups in total. The van der Waals surface area contributed by atoms with E-state index in [1.807, 2.05) is 0 Å². The Morgan fingerprint density at radius 3 is 2.69 bits per heavy atom. The zero-order valence-electron chi connectivity index (χ0n) is 9.99. The molecule has 0 aliphatic carbocycles. The molecular weight excluding hydrogens is 204 g/mol. The summed E-state index contributed by atoms with van der Waals surface area (Å²) in [5.41, 5.74) is 1.29. The van der Waals surface area contributed by atoms with E-state index in [1.165, 1.54) is 7.11 Å². The number of carbonyl (C=O) groups is 1. The number of aromatic hydroxyl groups is 1. The summed E-state index contributed by atoms with van der Waals surface area (Å²) in [5.74, 6) is 0.445. The third-order valence-electron chi connectivity index (χ3n) is 2.49. The Labute approximate surface area is 96.1 Å². The van der Waals surface area contributed by atoms with Gasteiger partial charge in [0.15, 0.2) is 0 Å². The number of methoxy groups -OCH3 is 1. The minimum absolute atomic E-state index is 0.244. The molecule has 0 fully saturated rings. The van der Waals surface area contributed by atoms with Gasteiger partial charge >= 0.3 is 5.97 Å². The van der Waals surface area contributed by atoms with Crippen LogP contribution >= 0.6 is 0 Å². The van der Waals surface area contributed by atoms with E-state index in [1.54, 1.807) is 18.2 Å². The Morgan fingerprint density at radius 1 is 1.44 bits per heavy atom. The van der Waals surface area contributed by atoms with Gasteiger partial charge in [0.1, 0.15) is 5.75 Å². The van der Waals surface area contributed by atoms with Gasteiger partial charge in [-0.25, -0.2) is 4.79 Å². The maximum absolute atomic E-state index is 11.3. The fourth-order valence-corrected chi connectivity index (χ4v) is 1.47. The van der Waals surface area contributed by atoms with Crippen molar-refractivity contribution in [2.45, 2.75) is 26.7 Å². The van der Waals surface area contributed by atoms with Crippen LogP contribution in [0.3, 0.4) is 0 Å². The second-order valence-corrected chi connectivity index (χ2v) is 4.27. The lowest BCUT2D eigenvalue weighted by atomic mass is 10.0. The monoisotopic (exact) mass is 222 g/mol. The van der Waals surface area contributed by atoms with E-state index in [-0.39, 0.29) is 11.7 Å². The number of hydrogen-bond donors (Lipinski definition) is 1. The number of phenols is 1. The second-order valence-electron chi connectivity index (χ2n) is 4.27. The first-order chi connectivity index (χ1) is 7.54. The van der Waals surface area contributed by atoms with Gasteiger partial charge in [-0.15, -0.1) is 0 Å². The molecule has 0 radical (unpaired) electrons. The molecule has 16 heavy (non-hydrogen) atoms. The van der Waals surface area contributed by atoms with Gasteiger partial charge < -0.3 is 9.84 Å². The molecule has 0 saturated carbocycles. The molecular formula is C13H18O3. The summed E-state index contributed by atoms with van der Waals surface area (Å²) in [7, 11) is 1.35. The number of aryl methyl sites for hydroxylation is 1. The van der Waals surface area contributed by atoms with Crippen molar-refractivity contribution in [1.29, 1.82) is 0 Å². The highest BCUT2D eigenvalue weighted by Crippen LogP contribution is 2.21. The summed E-state index contributed by atoms with van der Waals surface area (Å²) < 4.78 is 4.64. The average Bonchev–Trinajstić information content (AvgIpc) is 2.26. The second kappa shape index (κ2) is 5.54. The van der Waals surface area contributed by atoms with E-state index in [4.69, 9.17) is 0 Å². The van der Waals surface area contributed by atoms with Gasteiger partial charge in [-0.2, -0.15) is 0 Å². The minimum Gasteiger partial charge on any atom is -0.508 e. The van der Waals surface area contributed by atoms with E-state index in [9.17, 15) is 9.90 Å². The first-order valence-electron chi connectivity index (χ1n) is 5.44. The highest BCUT2D eigenvalue weighted by atomic mass is 16.5. The number of ether oxygens (including phenoxy) is 1. The molecule has 0 spiro atoms. The normalized spacial score (nSPS) is 10.5. The fraction of sp³-hybridized carbons (Fsp3) is 0.462. The first-order valence-corrected chi connectivity index (χ1v) is 5.44. The molecule has 1 aromatic carbocycles. The number of carbonyl (C=O) groups excluding carboxylic acids is 1. The molecule has 0 aliphatic rings. The summed E-state index contributed by atoms with van der Waals surface area (Å²) >= 11 is 0. The van der Waals surface area contributed by atoms with Crippen molar-refractivity contribution in [2.75, 3.05) is 7.11 Å². The number of rotatable bonds is 4. The molecule has 0 amide bonds. The predicted octanol–water partition coefficient (Wildman–Crippen LogP) is 2.77. The third-order valence-corrected chi connectivity index (χ3v) is 2.49. The number of benzene rings is 1. The van der Waals surface area contributed by atoms with Crippen molar-refractivity contribution < 1.29 is 14.6 Å². The zero-order valence-corrected chi connectivity index (χ0v) is 9.99. The molecule has 0 heterocycles. The standard InChI is InChI=1S/C13H18O3/c1-9(2)4-5-10-8-11(13(15)16-3)6-7-12(10)14/h6-9,14H,4-5H2,1-3H3. The van der Waals surface area contributed by atoms with Crippen LogP contribution in [0.1, 0.15) is 36.2 Å². The van der Waals surface area contributed by atoms with Crippen LogP contribution in [0.4, 0.5) is 0 Å². The summed E-state index contributed by atoms with van der Waals surface area (Å²) in [6.07, 6.45) is 1.76. The SMILES string of the molecule is COC(=O)c1ccc(O)c(CCC(C)C)c1. The van der Waals surface area contributed by atoms with Crippen LogP contribution < -0.4 is 0 Å². The van der Waals surface area contributed by atoms with Gasteiger partial charge in [-0.05, 0) is 42.5 Å². The van der Waals surface area contributed by atoms with Crippen LogP contribution in [-0.2, 0) is 11.2 Å². The molecule has 3 nitrogen and oxygen atoms in total. The molecule has 1 rings (SSSR count). The Kier molecular flexibility index (Phi) is 4.35. The predicted molar refractivity (Wildman–Crippen MR) is 62.6 cm³/mol. The molecule has 3 heteroatoms. The number of hydrogen-bond acceptors (Lipinski definition) is 3. The Morgan fingerprint density at radius 2 is 2.12 bits per heavy atom. The lowest BCUT2D eigenvalue weighted by Gasteiger charge is -2.08.